The minimum atomic E-state index is -0.168. The fourth-order valence-corrected chi connectivity index (χ4v) is 5.10. The van der Waals surface area contributed by atoms with Crippen LogP contribution in [0.3, 0.4) is 0 Å². The van der Waals surface area contributed by atoms with Crippen LogP contribution >= 0.6 is 23.5 Å². The molecular weight excluding hydrogens is 296 g/mol. The van der Waals surface area contributed by atoms with Crippen molar-refractivity contribution >= 4 is 35.3 Å². The van der Waals surface area contributed by atoms with Crippen LogP contribution in [0.5, 0.6) is 0 Å². The quantitative estimate of drug-likeness (QED) is 0.780. The van der Waals surface area contributed by atoms with Crippen molar-refractivity contribution in [2.75, 3.05) is 45.2 Å². The fraction of sp³-hybridized carbons (Fsp3) is 0.833. The van der Waals surface area contributed by atoms with E-state index in [2.05, 4.69) is 15.1 Å². The summed E-state index contributed by atoms with van der Waals surface area (Å²) in [5, 5.41) is 2.62. The molecule has 0 spiro atoms. The number of carbonyl (C=O) groups is 2. The Balaban J connectivity index is 2.10. The van der Waals surface area contributed by atoms with Gasteiger partial charge in [-0.1, -0.05) is 0 Å². The molecule has 2 aliphatic rings. The first-order valence-corrected chi connectivity index (χ1v) is 8.79. The van der Waals surface area contributed by atoms with E-state index in [1.807, 2.05) is 19.0 Å². The van der Waals surface area contributed by atoms with Gasteiger partial charge in [-0.25, -0.2) is 0 Å². The average molecular weight is 318 g/mol. The van der Waals surface area contributed by atoms with Gasteiger partial charge in [0.1, 0.15) is 11.0 Å². The second kappa shape index (κ2) is 7.02. The largest absolute Gasteiger partial charge is 0.347 e. The molecule has 0 bridgehead atoms. The van der Waals surface area contributed by atoms with E-state index in [9.17, 15) is 9.59 Å². The Labute approximate surface area is 128 Å². The predicted molar refractivity (Wildman–Crippen MR) is 83.3 cm³/mol. The topological polar surface area (TPSA) is 55.9 Å². The van der Waals surface area contributed by atoms with E-state index in [0.717, 1.165) is 24.6 Å². The summed E-state index contributed by atoms with van der Waals surface area (Å²) in [6.45, 7) is 3.48. The minimum Gasteiger partial charge on any atom is -0.347 e. The van der Waals surface area contributed by atoms with Crippen LogP contribution in [-0.2, 0) is 9.59 Å². The normalized spacial score (nSPS) is 27.8. The summed E-state index contributed by atoms with van der Waals surface area (Å²) in [6.07, 6.45) is 0. The van der Waals surface area contributed by atoms with Crippen LogP contribution in [0.25, 0.3) is 0 Å². The highest BCUT2D eigenvalue weighted by Crippen LogP contribution is 2.33. The van der Waals surface area contributed by atoms with Crippen LogP contribution in [-0.4, -0.2) is 82.7 Å². The first-order valence-electron chi connectivity index (χ1n) is 6.70. The van der Waals surface area contributed by atoms with Crippen LogP contribution in [0.2, 0.25) is 0 Å². The molecule has 0 aromatic heterocycles. The second-order valence-electron chi connectivity index (χ2n) is 5.07. The summed E-state index contributed by atoms with van der Waals surface area (Å²) in [5.41, 5.74) is 0.128. The van der Waals surface area contributed by atoms with E-state index in [-0.39, 0.29) is 29.4 Å². The molecule has 8 heteroatoms. The number of carbonyl (C=O) groups excluding carboxylic acids is 2. The molecule has 114 valence electrons. The van der Waals surface area contributed by atoms with Crippen LogP contribution < -0.4 is 5.32 Å². The van der Waals surface area contributed by atoms with Crippen molar-refractivity contribution in [3.63, 3.8) is 0 Å². The lowest BCUT2D eigenvalue weighted by Crippen LogP contribution is -2.55. The van der Waals surface area contributed by atoms with Crippen molar-refractivity contribution in [1.29, 1.82) is 0 Å². The van der Waals surface area contributed by atoms with Gasteiger partial charge in [0.05, 0.1) is 6.54 Å². The van der Waals surface area contributed by atoms with Crippen molar-refractivity contribution < 1.29 is 9.59 Å². The molecular formula is C12H22N4O2S2. The number of nitrogens with zero attached hydrogens (tertiary/aromatic N) is 3. The van der Waals surface area contributed by atoms with Crippen molar-refractivity contribution in [2.45, 2.75) is 17.9 Å². The Hall–Kier alpha value is -0.440. The molecule has 2 rings (SSSR count). The molecule has 2 atom stereocenters. The SMILES string of the molecule is CC(=O)NCC(=O)N(C1SCCN1C)C1SCCN1C. The lowest BCUT2D eigenvalue weighted by Gasteiger charge is -2.39. The summed E-state index contributed by atoms with van der Waals surface area (Å²) in [6, 6.07) is 0. The number of amides is 2. The molecule has 2 fully saturated rings. The Morgan fingerprint density at radius 3 is 2.00 bits per heavy atom. The predicted octanol–water partition coefficient (Wildman–Crippen LogP) is -0.124. The lowest BCUT2D eigenvalue weighted by molar-refractivity contribution is -0.138. The zero-order valence-electron chi connectivity index (χ0n) is 12.2. The highest BCUT2D eigenvalue weighted by Gasteiger charge is 2.39. The third-order valence-corrected chi connectivity index (χ3v) is 6.04. The molecule has 2 aliphatic heterocycles. The smallest absolute Gasteiger partial charge is 0.245 e. The maximum absolute atomic E-state index is 12.5. The third-order valence-electron chi connectivity index (χ3n) is 3.43. The standard InChI is InChI=1S/C12H22N4O2S2/c1-9(17)13-8-10(18)16(11-14(2)4-6-19-11)12-15(3)5-7-20-12/h11-12H,4-8H2,1-3H3,(H,13,17). The van der Waals surface area contributed by atoms with E-state index >= 15 is 0 Å². The summed E-state index contributed by atoms with van der Waals surface area (Å²) >= 11 is 3.58. The monoisotopic (exact) mass is 318 g/mol. The summed E-state index contributed by atoms with van der Waals surface area (Å²) in [7, 11) is 4.09. The van der Waals surface area contributed by atoms with E-state index in [1.54, 1.807) is 23.5 Å². The molecule has 20 heavy (non-hydrogen) atoms. The Kier molecular flexibility index (Phi) is 5.59. The zero-order chi connectivity index (χ0) is 14.7. The van der Waals surface area contributed by atoms with Gasteiger partial charge >= 0.3 is 0 Å². The summed E-state index contributed by atoms with van der Waals surface area (Å²) in [5.74, 6) is 1.88. The Morgan fingerprint density at radius 2 is 1.65 bits per heavy atom. The van der Waals surface area contributed by atoms with E-state index in [1.165, 1.54) is 6.92 Å². The number of rotatable bonds is 4. The van der Waals surface area contributed by atoms with Crippen molar-refractivity contribution in [3.05, 3.63) is 0 Å². The first-order chi connectivity index (χ1) is 9.50. The van der Waals surface area contributed by atoms with Gasteiger partial charge in [-0.3, -0.25) is 24.3 Å². The number of hydrogen-bond donors (Lipinski definition) is 1. The molecule has 0 radical (unpaired) electrons. The second-order valence-corrected chi connectivity index (χ2v) is 7.39. The van der Waals surface area contributed by atoms with E-state index in [0.29, 0.717) is 0 Å². The molecule has 0 aromatic rings. The molecule has 2 heterocycles. The van der Waals surface area contributed by atoms with Gasteiger partial charge in [0, 0.05) is 31.5 Å². The Morgan fingerprint density at radius 1 is 1.15 bits per heavy atom. The van der Waals surface area contributed by atoms with Crippen LogP contribution in [0.4, 0.5) is 0 Å². The fourth-order valence-electron chi connectivity index (χ4n) is 2.31. The maximum atomic E-state index is 12.5. The molecule has 2 saturated heterocycles. The molecule has 1 N–H and O–H groups in total. The Bertz CT molecular complexity index is 362. The highest BCUT2D eigenvalue weighted by atomic mass is 32.2. The lowest BCUT2D eigenvalue weighted by atomic mass is 10.4. The third kappa shape index (κ3) is 3.60. The molecule has 0 saturated carbocycles. The van der Waals surface area contributed by atoms with Crippen LogP contribution in [0.15, 0.2) is 0 Å². The van der Waals surface area contributed by atoms with E-state index < -0.39 is 0 Å². The molecule has 0 aromatic carbocycles. The molecule has 0 aliphatic carbocycles. The summed E-state index contributed by atoms with van der Waals surface area (Å²) < 4.78 is 0. The van der Waals surface area contributed by atoms with Gasteiger partial charge < -0.3 is 5.32 Å². The number of thioether (sulfide) groups is 2. The highest BCUT2D eigenvalue weighted by molar-refractivity contribution is 8.00. The zero-order valence-corrected chi connectivity index (χ0v) is 13.8. The van der Waals surface area contributed by atoms with Gasteiger partial charge in [-0.15, -0.1) is 23.5 Å². The van der Waals surface area contributed by atoms with Gasteiger partial charge in [0.15, 0.2) is 0 Å². The average Bonchev–Trinajstić information content (AvgIpc) is 2.98. The van der Waals surface area contributed by atoms with Crippen LogP contribution in [0.1, 0.15) is 6.92 Å². The van der Waals surface area contributed by atoms with Crippen LogP contribution in [0, 0.1) is 0 Å². The van der Waals surface area contributed by atoms with Crippen molar-refractivity contribution in [3.8, 4) is 0 Å². The van der Waals surface area contributed by atoms with Gasteiger partial charge in [-0.05, 0) is 14.1 Å². The molecule has 6 nitrogen and oxygen atoms in total. The van der Waals surface area contributed by atoms with Gasteiger partial charge in [-0.2, -0.15) is 0 Å². The number of nitrogens with one attached hydrogen (secondary N) is 1. The minimum absolute atomic E-state index is 0.0160. The van der Waals surface area contributed by atoms with E-state index in [4.69, 9.17) is 0 Å². The van der Waals surface area contributed by atoms with Crippen molar-refractivity contribution in [1.82, 2.24) is 20.0 Å². The van der Waals surface area contributed by atoms with Gasteiger partial charge in [0.25, 0.3) is 0 Å². The van der Waals surface area contributed by atoms with Crippen molar-refractivity contribution in [2.24, 2.45) is 0 Å². The first kappa shape index (κ1) is 15.9. The molecule has 2 unspecified atom stereocenters. The number of hydrogen-bond acceptors (Lipinski definition) is 6. The molecule has 2 amide bonds. The van der Waals surface area contributed by atoms with Gasteiger partial charge in [0.2, 0.25) is 11.8 Å². The summed E-state index contributed by atoms with van der Waals surface area (Å²) in [4.78, 5) is 29.9. The maximum Gasteiger partial charge on any atom is 0.245 e.